The van der Waals surface area contributed by atoms with E-state index in [1.807, 2.05) is 4.90 Å². The Labute approximate surface area is 217 Å². The molecule has 1 fully saturated rings. The maximum absolute atomic E-state index is 13.5. The number of imidazole rings is 1. The van der Waals surface area contributed by atoms with E-state index in [0.717, 1.165) is 19.0 Å². The minimum atomic E-state index is -0.838. The van der Waals surface area contributed by atoms with Gasteiger partial charge in [-0.25, -0.2) is 13.8 Å². The fraction of sp³-hybridized carbons (Fsp3) is 0.308. The van der Waals surface area contributed by atoms with Crippen molar-refractivity contribution < 1.29 is 23.2 Å². The molecule has 2 heterocycles. The van der Waals surface area contributed by atoms with Crippen LogP contribution in [-0.4, -0.2) is 64.8 Å². The van der Waals surface area contributed by atoms with Gasteiger partial charge in [0.15, 0.2) is 11.5 Å². The number of hydrogen-bond donors (Lipinski definition) is 3. The third-order valence-electron chi connectivity index (χ3n) is 6.05. The molecule has 0 radical (unpaired) electrons. The number of anilines is 1. The average Bonchev–Trinajstić information content (AvgIpc) is 3.36. The van der Waals surface area contributed by atoms with E-state index >= 15 is 0 Å². The summed E-state index contributed by atoms with van der Waals surface area (Å²) in [6.07, 6.45) is 1.83. The number of hydrogen-bond acceptors (Lipinski definition) is 5. The molecule has 1 aliphatic heterocycles. The molecule has 2 amide bonds. The normalized spacial score (nSPS) is 15.8. The van der Waals surface area contributed by atoms with Crippen LogP contribution in [0.5, 0.6) is 0 Å². The van der Waals surface area contributed by atoms with E-state index in [9.17, 15) is 23.2 Å². The van der Waals surface area contributed by atoms with Crippen molar-refractivity contribution in [1.29, 1.82) is 0 Å². The number of piperidine rings is 1. The van der Waals surface area contributed by atoms with Gasteiger partial charge in [0.25, 0.3) is 11.8 Å². The number of carbonyl (C=O) groups is 3. The van der Waals surface area contributed by atoms with Gasteiger partial charge in [0.05, 0.1) is 11.3 Å². The summed E-state index contributed by atoms with van der Waals surface area (Å²) >= 11 is 5.96. The highest BCUT2D eigenvalue weighted by molar-refractivity contribution is 6.34. The molecule has 1 atom stereocenters. The van der Waals surface area contributed by atoms with Gasteiger partial charge in [-0.15, -0.1) is 0 Å². The van der Waals surface area contributed by atoms with Gasteiger partial charge in [0.1, 0.15) is 17.7 Å². The smallest absolute Gasteiger partial charge is 0.276 e. The first-order valence-electron chi connectivity index (χ1n) is 11.9. The number of benzene rings is 2. The van der Waals surface area contributed by atoms with Gasteiger partial charge in [0.2, 0.25) is 0 Å². The molecule has 0 saturated carbocycles. The fourth-order valence-electron chi connectivity index (χ4n) is 4.15. The Morgan fingerprint density at radius 1 is 1.14 bits per heavy atom. The second-order valence-corrected chi connectivity index (χ2v) is 9.20. The van der Waals surface area contributed by atoms with E-state index < -0.39 is 23.8 Å². The molecule has 194 valence electrons. The molecule has 3 N–H and O–H groups in total. The summed E-state index contributed by atoms with van der Waals surface area (Å²) in [5, 5.41) is 5.47. The summed E-state index contributed by atoms with van der Waals surface area (Å²) in [4.78, 5) is 46.5. The molecule has 1 saturated heterocycles. The Morgan fingerprint density at radius 3 is 2.65 bits per heavy atom. The maximum Gasteiger partial charge on any atom is 0.276 e. The summed E-state index contributed by atoms with van der Waals surface area (Å²) in [6, 6.07) is 10.2. The molecular formula is C26H26ClF2N5O3. The number of carbonyl (C=O) groups excluding carboxylic acids is 3. The second-order valence-electron chi connectivity index (χ2n) is 8.80. The summed E-state index contributed by atoms with van der Waals surface area (Å²) in [5.74, 6) is -1.85. The van der Waals surface area contributed by atoms with Crippen LogP contribution in [-0.2, 0) is 6.42 Å². The monoisotopic (exact) mass is 529 g/mol. The Balaban J connectivity index is 1.31. The number of halogens is 3. The molecular weight excluding hydrogens is 504 g/mol. The van der Waals surface area contributed by atoms with Crippen molar-refractivity contribution in [3.8, 4) is 0 Å². The quantitative estimate of drug-likeness (QED) is 0.363. The lowest BCUT2D eigenvalue weighted by Gasteiger charge is -2.28. The molecule has 8 nitrogen and oxygen atoms in total. The predicted octanol–water partition coefficient (Wildman–Crippen LogP) is 4.04. The number of rotatable bonds is 9. The van der Waals surface area contributed by atoms with Gasteiger partial charge in [0, 0.05) is 37.3 Å². The molecule has 0 unspecified atom stereocenters. The number of nitrogens with one attached hydrogen (secondary N) is 3. The Kier molecular flexibility index (Phi) is 8.62. The lowest BCUT2D eigenvalue weighted by atomic mass is 10.0. The summed E-state index contributed by atoms with van der Waals surface area (Å²) in [6.45, 7) is 1.99. The second kappa shape index (κ2) is 12.1. The Hall–Kier alpha value is -3.63. The van der Waals surface area contributed by atoms with E-state index in [4.69, 9.17) is 11.6 Å². The topological polar surface area (TPSA) is 107 Å². The number of Topliss-reactive ketones (excluding diaryl/α,β-unsaturated/α-hetero) is 1. The van der Waals surface area contributed by atoms with Crippen molar-refractivity contribution >= 4 is 34.9 Å². The van der Waals surface area contributed by atoms with Crippen LogP contribution in [0.3, 0.4) is 0 Å². The van der Waals surface area contributed by atoms with Crippen LogP contribution in [0.4, 0.5) is 14.5 Å². The molecule has 3 aromatic rings. The van der Waals surface area contributed by atoms with Gasteiger partial charge in [-0.2, -0.15) is 0 Å². The largest absolute Gasteiger partial charge is 0.349 e. The SMILES string of the molecule is O=C(Cc1ccc(NC(=O)c2nc[nH]c2C(=O)NCCN2CCC[C@@H](F)C2)cc1)c1ccc(F)cc1Cl. The highest BCUT2D eigenvalue weighted by Crippen LogP contribution is 2.20. The summed E-state index contributed by atoms with van der Waals surface area (Å²) < 4.78 is 26.7. The number of aromatic amines is 1. The predicted molar refractivity (Wildman–Crippen MR) is 135 cm³/mol. The third kappa shape index (κ3) is 6.99. The van der Waals surface area contributed by atoms with Crippen LogP contribution in [0.25, 0.3) is 0 Å². The number of ketones is 1. The third-order valence-corrected chi connectivity index (χ3v) is 6.36. The lowest BCUT2D eigenvalue weighted by molar-refractivity contribution is 0.0921. The van der Waals surface area contributed by atoms with Crippen molar-refractivity contribution in [2.24, 2.45) is 0 Å². The average molecular weight is 530 g/mol. The Bertz CT molecular complexity index is 1280. The molecule has 2 aromatic carbocycles. The number of H-pyrrole nitrogens is 1. The minimum Gasteiger partial charge on any atom is -0.349 e. The Morgan fingerprint density at radius 2 is 1.92 bits per heavy atom. The van der Waals surface area contributed by atoms with Gasteiger partial charge >= 0.3 is 0 Å². The zero-order valence-corrected chi connectivity index (χ0v) is 20.7. The van der Waals surface area contributed by atoms with E-state index in [2.05, 4.69) is 20.6 Å². The zero-order chi connectivity index (χ0) is 26.4. The van der Waals surface area contributed by atoms with Crippen molar-refractivity contribution in [3.63, 3.8) is 0 Å². The standard InChI is InChI=1S/C26H26ClF2N5O3/c27-21-13-17(28)5-8-20(21)22(35)12-16-3-6-19(7-4-16)33-26(37)24-23(31-15-32-24)25(36)30-9-11-34-10-1-2-18(29)14-34/h3-8,13,15,18H,1-2,9-12,14H2,(H,30,36)(H,31,32)(H,33,37)/t18-/m1/s1. The van der Waals surface area contributed by atoms with Crippen molar-refractivity contribution in [1.82, 2.24) is 20.2 Å². The molecule has 0 bridgehead atoms. The molecule has 4 rings (SSSR count). The highest BCUT2D eigenvalue weighted by atomic mass is 35.5. The van der Waals surface area contributed by atoms with Crippen molar-refractivity contribution in [2.75, 3.05) is 31.5 Å². The molecule has 11 heteroatoms. The lowest BCUT2D eigenvalue weighted by Crippen LogP contribution is -2.41. The van der Waals surface area contributed by atoms with Crippen molar-refractivity contribution in [2.45, 2.75) is 25.4 Å². The van der Waals surface area contributed by atoms with Crippen LogP contribution in [0.2, 0.25) is 5.02 Å². The van der Waals surface area contributed by atoms with Crippen LogP contribution >= 0.6 is 11.6 Å². The van der Waals surface area contributed by atoms with Crippen LogP contribution in [0.15, 0.2) is 48.8 Å². The first-order valence-corrected chi connectivity index (χ1v) is 12.2. The fourth-order valence-corrected chi connectivity index (χ4v) is 4.42. The summed E-state index contributed by atoms with van der Waals surface area (Å²) in [7, 11) is 0. The molecule has 0 aliphatic carbocycles. The highest BCUT2D eigenvalue weighted by Gasteiger charge is 2.22. The van der Waals surface area contributed by atoms with E-state index in [-0.39, 0.29) is 34.2 Å². The zero-order valence-electron chi connectivity index (χ0n) is 19.9. The van der Waals surface area contributed by atoms with Gasteiger partial charge in [-0.05, 0) is 55.3 Å². The number of alkyl halides is 1. The van der Waals surface area contributed by atoms with E-state index in [1.165, 1.54) is 18.5 Å². The first-order chi connectivity index (χ1) is 17.8. The van der Waals surface area contributed by atoms with Crippen LogP contribution in [0.1, 0.15) is 49.7 Å². The number of nitrogens with zero attached hydrogens (tertiary/aromatic N) is 2. The number of amides is 2. The number of likely N-dealkylation sites (tertiary alicyclic amines) is 1. The molecule has 1 aromatic heterocycles. The van der Waals surface area contributed by atoms with Gasteiger partial charge in [-0.1, -0.05) is 23.7 Å². The van der Waals surface area contributed by atoms with Gasteiger partial charge in [-0.3, -0.25) is 19.3 Å². The molecule has 1 aliphatic rings. The first kappa shape index (κ1) is 26.4. The van der Waals surface area contributed by atoms with E-state index in [0.29, 0.717) is 37.3 Å². The molecule has 37 heavy (non-hydrogen) atoms. The van der Waals surface area contributed by atoms with Gasteiger partial charge < -0.3 is 15.6 Å². The summed E-state index contributed by atoms with van der Waals surface area (Å²) in [5.41, 5.74) is 1.31. The van der Waals surface area contributed by atoms with Crippen LogP contribution in [0, 0.1) is 5.82 Å². The minimum absolute atomic E-state index is 0.0258. The maximum atomic E-state index is 13.5. The molecule has 0 spiro atoms. The number of aromatic nitrogens is 2. The van der Waals surface area contributed by atoms with E-state index in [1.54, 1.807) is 24.3 Å². The van der Waals surface area contributed by atoms with Crippen molar-refractivity contribution in [3.05, 3.63) is 82.1 Å². The van der Waals surface area contributed by atoms with Crippen LogP contribution < -0.4 is 10.6 Å².